The van der Waals surface area contributed by atoms with Crippen LogP contribution in [0.25, 0.3) is 0 Å². The van der Waals surface area contributed by atoms with Gasteiger partial charge in [0.05, 0.1) is 31.4 Å². The van der Waals surface area contributed by atoms with E-state index in [9.17, 15) is 5.11 Å². The third-order valence-corrected chi connectivity index (χ3v) is 4.83. The molecule has 3 N–H and O–H groups in total. The lowest BCUT2D eigenvalue weighted by Crippen LogP contribution is -2.63. The summed E-state index contributed by atoms with van der Waals surface area (Å²) in [7, 11) is 1.65. The number of aliphatic hydroxyl groups is 1. The van der Waals surface area contributed by atoms with E-state index in [1.54, 1.807) is 7.11 Å². The van der Waals surface area contributed by atoms with Gasteiger partial charge in [-0.1, -0.05) is 6.07 Å². The Balaban J connectivity index is 1.39. The molecule has 2 saturated heterocycles. The summed E-state index contributed by atoms with van der Waals surface area (Å²) >= 11 is 0. The molecule has 0 aliphatic carbocycles. The largest absolute Gasteiger partial charge is 0.454 e. The quantitative estimate of drug-likeness (QED) is 0.571. The van der Waals surface area contributed by atoms with Crippen LogP contribution in [0.5, 0.6) is 11.5 Å². The van der Waals surface area contributed by atoms with Crippen molar-refractivity contribution in [2.24, 2.45) is 0 Å². The van der Waals surface area contributed by atoms with Gasteiger partial charge in [0.1, 0.15) is 6.10 Å². The number of rotatable bonds is 7. The van der Waals surface area contributed by atoms with Crippen molar-refractivity contribution in [2.45, 2.75) is 37.1 Å². The second kappa shape index (κ2) is 7.45. The molecule has 4 rings (SSSR count). The molecule has 25 heavy (non-hydrogen) atoms. The summed E-state index contributed by atoms with van der Waals surface area (Å²) in [6, 6.07) is 5.33. The Morgan fingerprint density at radius 1 is 1.20 bits per heavy atom. The number of nitrogens with one attached hydrogen (secondary N) is 2. The molecule has 8 heteroatoms. The molecule has 0 spiro atoms. The van der Waals surface area contributed by atoms with Gasteiger partial charge in [-0.05, 0) is 17.7 Å². The molecule has 138 valence electrons. The van der Waals surface area contributed by atoms with Gasteiger partial charge in [0, 0.05) is 20.2 Å². The average molecular weight is 352 g/mol. The molecule has 8 nitrogen and oxygen atoms in total. The summed E-state index contributed by atoms with van der Waals surface area (Å²) in [6.45, 7) is 2.52. The zero-order valence-corrected chi connectivity index (χ0v) is 14.1. The molecule has 0 radical (unpaired) electrons. The molecule has 0 amide bonds. The van der Waals surface area contributed by atoms with Crippen molar-refractivity contribution in [3.63, 3.8) is 0 Å². The summed E-state index contributed by atoms with van der Waals surface area (Å²) < 4.78 is 27.4. The number of ether oxygens (including phenoxy) is 5. The van der Waals surface area contributed by atoms with Crippen LogP contribution in [0, 0.1) is 0 Å². The van der Waals surface area contributed by atoms with Crippen molar-refractivity contribution < 1.29 is 28.8 Å². The van der Waals surface area contributed by atoms with Crippen molar-refractivity contribution in [1.82, 2.24) is 10.6 Å². The van der Waals surface area contributed by atoms with E-state index in [0.29, 0.717) is 26.3 Å². The summed E-state index contributed by atoms with van der Waals surface area (Å²) in [5.74, 6) is 1.52. The molecule has 0 saturated carbocycles. The van der Waals surface area contributed by atoms with Gasteiger partial charge in [-0.15, -0.1) is 0 Å². The van der Waals surface area contributed by atoms with Gasteiger partial charge >= 0.3 is 0 Å². The molecular formula is C17H24N2O6. The maximum Gasteiger partial charge on any atom is 0.231 e. The molecule has 1 aromatic carbocycles. The number of hydrogen-bond donors (Lipinski definition) is 3. The molecule has 0 aromatic heterocycles. The summed E-state index contributed by atoms with van der Waals surface area (Å²) in [4.78, 5) is 0. The first kappa shape index (κ1) is 17.0. The molecule has 1 aromatic rings. The Labute approximate surface area is 146 Å². The average Bonchev–Trinajstić information content (AvgIpc) is 3.25. The third kappa shape index (κ3) is 3.46. The Bertz CT molecular complexity index is 601. The fourth-order valence-corrected chi connectivity index (χ4v) is 3.50. The first-order valence-electron chi connectivity index (χ1n) is 8.55. The monoisotopic (exact) mass is 352 g/mol. The normalized spacial score (nSPS) is 33.0. The zero-order valence-electron chi connectivity index (χ0n) is 14.1. The van der Waals surface area contributed by atoms with Crippen molar-refractivity contribution in [3.8, 4) is 11.5 Å². The SMILES string of the molecule is COCCNC1C2OCC(O2)C(NCc2ccc3c(c2)OCO3)C1O. The van der Waals surface area contributed by atoms with Crippen molar-refractivity contribution in [3.05, 3.63) is 23.8 Å². The highest BCUT2D eigenvalue weighted by molar-refractivity contribution is 5.44. The minimum Gasteiger partial charge on any atom is -0.454 e. The van der Waals surface area contributed by atoms with Crippen LogP contribution in [0.15, 0.2) is 18.2 Å². The lowest BCUT2D eigenvalue weighted by molar-refractivity contribution is -0.153. The van der Waals surface area contributed by atoms with Crippen molar-refractivity contribution >= 4 is 0 Å². The molecule has 2 bridgehead atoms. The van der Waals surface area contributed by atoms with Crippen LogP contribution in [0.4, 0.5) is 0 Å². The zero-order chi connectivity index (χ0) is 17.2. The number of fused-ring (bicyclic) bond motifs is 3. The highest BCUT2D eigenvalue weighted by Gasteiger charge is 2.49. The van der Waals surface area contributed by atoms with E-state index in [1.165, 1.54) is 0 Å². The number of methoxy groups -OCH3 is 1. The van der Waals surface area contributed by atoms with E-state index in [0.717, 1.165) is 17.1 Å². The van der Waals surface area contributed by atoms with Gasteiger partial charge in [0.2, 0.25) is 6.79 Å². The first-order valence-corrected chi connectivity index (χ1v) is 8.55. The van der Waals surface area contributed by atoms with Gasteiger partial charge in [-0.3, -0.25) is 0 Å². The number of aliphatic hydroxyl groups excluding tert-OH is 1. The van der Waals surface area contributed by atoms with Gasteiger partial charge in [-0.25, -0.2) is 0 Å². The second-order valence-electron chi connectivity index (χ2n) is 6.43. The summed E-state index contributed by atoms with van der Waals surface area (Å²) in [5.41, 5.74) is 1.06. The first-order chi connectivity index (χ1) is 12.3. The fourth-order valence-electron chi connectivity index (χ4n) is 3.50. The maximum atomic E-state index is 10.8. The van der Waals surface area contributed by atoms with E-state index in [1.807, 2.05) is 18.2 Å². The Kier molecular flexibility index (Phi) is 5.07. The van der Waals surface area contributed by atoms with Crippen LogP contribution in [0.1, 0.15) is 5.56 Å². The van der Waals surface area contributed by atoms with E-state index in [4.69, 9.17) is 23.7 Å². The van der Waals surface area contributed by atoms with E-state index in [2.05, 4.69) is 10.6 Å². The third-order valence-electron chi connectivity index (χ3n) is 4.83. The van der Waals surface area contributed by atoms with Crippen LogP contribution in [-0.2, 0) is 20.8 Å². The van der Waals surface area contributed by atoms with E-state index < -0.39 is 12.4 Å². The van der Waals surface area contributed by atoms with Gasteiger partial charge < -0.3 is 39.4 Å². The highest BCUT2D eigenvalue weighted by Crippen LogP contribution is 2.33. The number of hydrogen-bond acceptors (Lipinski definition) is 8. The van der Waals surface area contributed by atoms with Crippen molar-refractivity contribution in [2.75, 3.05) is 33.7 Å². The standard InChI is InChI=1S/C17H24N2O6/c1-21-5-4-18-15-16(20)14(13-8-22-17(15)25-13)19-7-10-2-3-11-12(6-10)24-9-23-11/h2-3,6,13-20H,4-5,7-9H2,1H3. The minimum atomic E-state index is -0.614. The highest BCUT2D eigenvalue weighted by atomic mass is 16.7. The molecule has 3 aliphatic heterocycles. The molecule has 5 unspecified atom stereocenters. The predicted octanol–water partition coefficient (Wildman–Crippen LogP) is -0.406. The Morgan fingerprint density at radius 2 is 2.08 bits per heavy atom. The predicted molar refractivity (Wildman–Crippen MR) is 87.5 cm³/mol. The summed E-state index contributed by atoms with van der Waals surface area (Å²) in [5, 5.41) is 17.4. The molecular weight excluding hydrogens is 328 g/mol. The Hall–Kier alpha value is -1.42. The molecule has 3 aliphatic rings. The minimum absolute atomic E-state index is 0.158. The van der Waals surface area contributed by atoms with Gasteiger partial charge in [0.25, 0.3) is 0 Å². The van der Waals surface area contributed by atoms with Crippen molar-refractivity contribution in [1.29, 1.82) is 0 Å². The molecule has 2 fully saturated rings. The molecule has 5 atom stereocenters. The summed E-state index contributed by atoms with van der Waals surface area (Å²) in [6.07, 6.45) is -1.19. The van der Waals surface area contributed by atoms with Crippen LogP contribution < -0.4 is 20.1 Å². The molecule has 3 heterocycles. The van der Waals surface area contributed by atoms with Gasteiger partial charge in [-0.2, -0.15) is 0 Å². The smallest absolute Gasteiger partial charge is 0.231 e. The van der Waals surface area contributed by atoms with Crippen LogP contribution in [0.2, 0.25) is 0 Å². The second-order valence-corrected chi connectivity index (χ2v) is 6.43. The Morgan fingerprint density at radius 3 is 2.96 bits per heavy atom. The topological polar surface area (TPSA) is 90.4 Å². The van der Waals surface area contributed by atoms with E-state index in [-0.39, 0.29) is 25.0 Å². The van der Waals surface area contributed by atoms with E-state index >= 15 is 0 Å². The van der Waals surface area contributed by atoms with Gasteiger partial charge in [0.15, 0.2) is 17.8 Å². The van der Waals surface area contributed by atoms with Crippen LogP contribution in [0.3, 0.4) is 0 Å². The lowest BCUT2D eigenvalue weighted by Gasteiger charge is -2.39. The number of benzene rings is 1. The maximum absolute atomic E-state index is 10.8. The lowest BCUT2D eigenvalue weighted by atomic mass is 9.95. The van der Waals surface area contributed by atoms with Crippen LogP contribution >= 0.6 is 0 Å². The fraction of sp³-hybridized carbons (Fsp3) is 0.647. The van der Waals surface area contributed by atoms with Crippen LogP contribution in [-0.4, -0.2) is 69.3 Å².